The van der Waals surface area contributed by atoms with Crippen LogP contribution in [0.4, 0.5) is 0 Å². The first-order valence-corrected chi connectivity index (χ1v) is 10.9. The van der Waals surface area contributed by atoms with Crippen molar-refractivity contribution in [3.63, 3.8) is 0 Å². The van der Waals surface area contributed by atoms with Gasteiger partial charge in [-0.25, -0.2) is 0 Å². The van der Waals surface area contributed by atoms with Gasteiger partial charge in [-0.05, 0) is 48.2 Å². The summed E-state index contributed by atoms with van der Waals surface area (Å²) in [5.41, 5.74) is 12.1. The van der Waals surface area contributed by atoms with Crippen molar-refractivity contribution in [2.75, 3.05) is 27.3 Å². The van der Waals surface area contributed by atoms with E-state index in [-0.39, 0.29) is 49.0 Å². The Morgan fingerprint density at radius 3 is 1.66 bits per heavy atom. The lowest BCUT2D eigenvalue weighted by molar-refractivity contribution is -0.133. The Morgan fingerprint density at radius 2 is 1.23 bits per heavy atom. The van der Waals surface area contributed by atoms with Crippen LogP contribution in [0.1, 0.15) is 24.0 Å². The van der Waals surface area contributed by atoms with Gasteiger partial charge >= 0.3 is 11.9 Å². The quantitative estimate of drug-likeness (QED) is 0.165. The van der Waals surface area contributed by atoms with Crippen molar-refractivity contribution in [1.29, 1.82) is 0 Å². The molecular weight excluding hydrogens is 456 g/mol. The Bertz CT molecular complexity index is 1080. The predicted molar refractivity (Wildman–Crippen MR) is 128 cm³/mol. The maximum absolute atomic E-state index is 12.3. The Hall–Kier alpha value is -3.89. The number of carbonyl (C=O) groups excluding carboxylic acids is 3. The number of ketones is 1. The summed E-state index contributed by atoms with van der Waals surface area (Å²) < 4.78 is 20.7. The molecule has 0 atom stereocenters. The summed E-state index contributed by atoms with van der Waals surface area (Å²) in [5, 5.41) is 10.2. The molecule has 0 heterocycles. The number of aryl methyl sites for hydroxylation is 2. The van der Waals surface area contributed by atoms with Gasteiger partial charge in [0.2, 0.25) is 0 Å². The molecule has 10 heteroatoms. The fraction of sp³-hybridized carbons (Fsp3) is 0.320. The molecule has 0 aliphatic heterocycles. The molecule has 0 unspecified atom stereocenters. The van der Waals surface area contributed by atoms with Crippen LogP contribution in [0.2, 0.25) is 0 Å². The SMILES string of the molecule is COc1cc(CCC(=O)/C=C(\O)CCc2ccc(OC(=O)CN)c(OC)c2)ccc1OC(=O)CN. The monoisotopic (exact) mass is 486 g/mol. The number of rotatable bonds is 13. The van der Waals surface area contributed by atoms with Gasteiger partial charge in [-0.3, -0.25) is 14.4 Å². The van der Waals surface area contributed by atoms with E-state index >= 15 is 0 Å². The van der Waals surface area contributed by atoms with Crippen molar-refractivity contribution in [3.05, 3.63) is 59.4 Å². The summed E-state index contributed by atoms with van der Waals surface area (Å²) in [4.78, 5) is 35.1. The highest BCUT2D eigenvalue weighted by Gasteiger charge is 2.12. The first-order chi connectivity index (χ1) is 16.8. The zero-order valence-electron chi connectivity index (χ0n) is 19.7. The fourth-order valence-corrected chi connectivity index (χ4v) is 3.10. The number of aliphatic hydroxyl groups excluding tert-OH is 1. The zero-order chi connectivity index (χ0) is 25.8. The Labute approximate surface area is 203 Å². The number of allylic oxidation sites excluding steroid dienone is 2. The van der Waals surface area contributed by atoms with Crippen molar-refractivity contribution in [1.82, 2.24) is 0 Å². The van der Waals surface area contributed by atoms with E-state index in [9.17, 15) is 19.5 Å². The average Bonchev–Trinajstić information content (AvgIpc) is 2.87. The second-order valence-corrected chi connectivity index (χ2v) is 7.43. The van der Waals surface area contributed by atoms with Crippen LogP contribution in [0.5, 0.6) is 23.0 Å². The van der Waals surface area contributed by atoms with E-state index < -0.39 is 11.9 Å². The maximum Gasteiger partial charge on any atom is 0.325 e. The van der Waals surface area contributed by atoms with Crippen molar-refractivity contribution in [2.24, 2.45) is 11.5 Å². The molecule has 0 aliphatic rings. The minimum atomic E-state index is -0.587. The largest absolute Gasteiger partial charge is 0.512 e. The van der Waals surface area contributed by atoms with Crippen LogP contribution in [0, 0.1) is 0 Å². The van der Waals surface area contributed by atoms with Gasteiger partial charge in [0.15, 0.2) is 28.8 Å². The third-order valence-electron chi connectivity index (χ3n) is 4.89. The number of esters is 2. The lowest BCUT2D eigenvalue weighted by Crippen LogP contribution is -2.19. The lowest BCUT2D eigenvalue weighted by atomic mass is 10.0. The van der Waals surface area contributed by atoms with E-state index in [0.717, 1.165) is 11.1 Å². The van der Waals surface area contributed by atoms with Crippen LogP contribution in [0.15, 0.2) is 48.2 Å². The molecule has 0 aromatic heterocycles. The number of hydrogen-bond donors (Lipinski definition) is 3. The predicted octanol–water partition coefficient (Wildman–Crippen LogP) is 2.01. The Balaban J connectivity index is 1.91. The van der Waals surface area contributed by atoms with E-state index in [4.69, 9.17) is 30.4 Å². The molecule has 5 N–H and O–H groups in total. The van der Waals surface area contributed by atoms with Gasteiger partial charge in [-0.15, -0.1) is 0 Å². The van der Waals surface area contributed by atoms with E-state index in [1.165, 1.54) is 20.3 Å². The van der Waals surface area contributed by atoms with Crippen LogP contribution in [0.3, 0.4) is 0 Å². The van der Waals surface area contributed by atoms with E-state index in [2.05, 4.69) is 0 Å². The first kappa shape index (κ1) is 27.4. The van der Waals surface area contributed by atoms with Crippen molar-refractivity contribution in [2.45, 2.75) is 25.7 Å². The van der Waals surface area contributed by atoms with Crippen molar-refractivity contribution >= 4 is 17.7 Å². The van der Waals surface area contributed by atoms with Gasteiger partial charge in [-0.2, -0.15) is 0 Å². The summed E-state index contributed by atoms with van der Waals surface area (Å²) in [7, 11) is 2.89. The molecule has 0 saturated heterocycles. The smallest absolute Gasteiger partial charge is 0.325 e. The molecule has 0 amide bonds. The number of ether oxygens (including phenoxy) is 4. The summed E-state index contributed by atoms with van der Waals surface area (Å²) in [6, 6.07) is 9.99. The van der Waals surface area contributed by atoms with Gasteiger partial charge in [0.1, 0.15) is 0 Å². The van der Waals surface area contributed by atoms with Gasteiger partial charge in [0.05, 0.1) is 33.1 Å². The van der Waals surface area contributed by atoms with E-state index in [1.807, 2.05) is 0 Å². The zero-order valence-corrected chi connectivity index (χ0v) is 19.7. The summed E-state index contributed by atoms with van der Waals surface area (Å²) in [5.74, 6) is -0.231. The minimum absolute atomic E-state index is 0.0470. The molecule has 10 nitrogen and oxygen atoms in total. The molecule has 2 aromatic rings. The second-order valence-electron chi connectivity index (χ2n) is 7.43. The van der Waals surface area contributed by atoms with E-state index in [1.54, 1.807) is 36.4 Å². The van der Waals surface area contributed by atoms with E-state index in [0.29, 0.717) is 24.3 Å². The van der Waals surface area contributed by atoms with Crippen LogP contribution in [-0.2, 0) is 27.2 Å². The second kappa shape index (κ2) is 13.7. The Kier molecular flexibility index (Phi) is 10.7. The third kappa shape index (κ3) is 8.76. The maximum atomic E-state index is 12.3. The number of methoxy groups -OCH3 is 2. The lowest BCUT2D eigenvalue weighted by Gasteiger charge is -2.11. The van der Waals surface area contributed by atoms with Gasteiger partial charge < -0.3 is 35.5 Å². The molecule has 0 aliphatic carbocycles. The van der Waals surface area contributed by atoms with Crippen molar-refractivity contribution < 1.29 is 38.4 Å². The molecule has 0 bridgehead atoms. The van der Waals surface area contributed by atoms with Crippen LogP contribution < -0.4 is 30.4 Å². The molecule has 35 heavy (non-hydrogen) atoms. The van der Waals surface area contributed by atoms with Crippen LogP contribution in [-0.4, -0.2) is 50.1 Å². The summed E-state index contributed by atoms with van der Waals surface area (Å²) in [6.07, 6.45) is 2.47. The fourth-order valence-electron chi connectivity index (χ4n) is 3.10. The summed E-state index contributed by atoms with van der Waals surface area (Å²) >= 11 is 0. The topological polar surface area (TPSA) is 160 Å². The van der Waals surface area contributed by atoms with Crippen molar-refractivity contribution in [3.8, 4) is 23.0 Å². The molecule has 2 rings (SSSR count). The molecule has 0 spiro atoms. The third-order valence-corrected chi connectivity index (χ3v) is 4.89. The standard InChI is InChI=1S/C25H30N2O8/c1-32-22-11-16(5-9-20(22)34-24(30)14-26)3-7-18(28)13-19(29)8-4-17-6-10-21(23(12-17)33-2)35-25(31)15-27/h5-6,9-13,28H,3-4,7-8,14-15,26-27H2,1-2H3/b18-13-. The number of nitrogens with two attached hydrogens (primary N) is 2. The number of aliphatic hydroxyl groups is 1. The molecular formula is C25H30N2O8. The Morgan fingerprint density at radius 1 is 0.771 bits per heavy atom. The molecule has 188 valence electrons. The first-order valence-electron chi connectivity index (χ1n) is 10.9. The highest BCUT2D eigenvalue weighted by Crippen LogP contribution is 2.30. The molecule has 2 aromatic carbocycles. The number of carbonyl (C=O) groups is 3. The molecule has 0 fully saturated rings. The van der Waals surface area contributed by atoms with Crippen LogP contribution in [0.25, 0.3) is 0 Å². The highest BCUT2D eigenvalue weighted by atomic mass is 16.6. The average molecular weight is 487 g/mol. The highest BCUT2D eigenvalue weighted by molar-refractivity contribution is 5.90. The minimum Gasteiger partial charge on any atom is -0.512 e. The van der Waals surface area contributed by atoms with Gasteiger partial charge in [0.25, 0.3) is 0 Å². The van der Waals surface area contributed by atoms with Gasteiger partial charge in [-0.1, -0.05) is 12.1 Å². The number of benzene rings is 2. The van der Waals surface area contributed by atoms with Crippen LogP contribution >= 0.6 is 0 Å². The van der Waals surface area contributed by atoms with Gasteiger partial charge in [0, 0.05) is 18.9 Å². The molecule has 0 saturated carbocycles. The summed E-state index contributed by atoms with van der Waals surface area (Å²) in [6.45, 7) is -0.501. The normalized spacial score (nSPS) is 11.0. The number of hydrogen-bond acceptors (Lipinski definition) is 10. The molecule has 0 radical (unpaired) electrons.